The Kier molecular flexibility index (Phi) is 5.37. The van der Waals surface area contributed by atoms with Crippen molar-refractivity contribution in [2.24, 2.45) is 0 Å². The Balaban J connectivity index is 1.64. The van der Waals surface area contributed by atoms with E-state index < -0.39 is 0 Å². The monoisotopic (exact) mass is 397 g/mol. The van der Waals surface area contributed by atoms with Gasteiger partial charge < -0.3 is 15.0 Å². The molecule has 1 N–H and O–H groups in total. The first-order chi connectivity index (χ1) is 13.5. The highest BCUT2D eigenvalue weighted by Crippen LogP contribution is 2.41. The smallest absolute Gasteiger partial charge is 0.261 e. The van der Waals surface area contributed by atoms with E-state index in [-0.39, 0.29) is 24.0 Å². The SMILES string of the molecule is CC(C)N1C(=O)c2cccnc2Sc2cc(C(=O)NC[C@@H]3CCCO3)ccc21. The van der Waals surface area contributed by atoms with Gasteiger partial charge in [0.05, 0.1) is 17.4 Å². The van der Waals surface area contributed by atoms with Crippen LogP contribution in [0.4, 0.5) is 5.69 Å². The van der Waals surface area contributed by atoms with Crippen molar-refractivity contribution in [3.05, 3.63) is 47.7 Å². The van der Waals surface area contributed by atoms with Gasteiger partial charge in [-0.15, -0.1) is 0 Å². The molecule has 2 aliphatic heterocycles. The Hall–Kier alpha value is -2.38. The molecule has 2 aromatic rings. The van der Waals surface area contributed by atoms with Gasteiger partial charge in [0, 0.05) is 35.8 Å². The normalized spacial score (nSPS) is 18.6. The van der Waals surface area contributed by atoms with E-state index in [1.165, 1.54) is 11.8 Å². The van der Waals surface area contributed by atoms with Crippen molar-refractivity contribution in [1.82, 2.24) is 10.3 Å². The summed E-state index contributed by atoms with van der Waals surface area (Å²) in [5, 5.41) is 3.62. The zero-order valence-corrected chi connectivity index (χ0v) is 16.8. The number of carbonyl (C=O) groups is 2. The number of ether oxygens (including phenoxy) is 1. The van der Waals surface area contributed by atoms with E-state index in [2.05, 4.69) is 10.3 Å². The second kappa shape index (κ2) is 7.93. The molecule has 0 aliphatic carbocycles. The first kappa shape index (κ1) is 19.0. The molecular formula is C21H23N3O3S. The first-order valence-corrected chi connectivity index (χ1v) is 10.4. The van der Waals surface area contributed by atoms with E-state index in [1.54, 1.807) is 29.3 Å². The number of rotatable bonds is 4. The lowest BCUT2D eigenvalue weighted by atomic mass is 10.1. The fourth-order valence-electron chi connectivity index (χ4n) is 3.54. The van der Waals surface area contributed by atoms with Crippen LogP contribution in [-0.2, 0) is 4.74 Å². The maximum atomic E-state index is 13.1. The molecule has 6 nitrogen and oxygen atoms in total. The number of anilines is 1. The third-order valence-corrected chi connectivity index (χ3v) is 6.00. The van der Waals surface area contributed by atoms with Crippen molar-refractivity contribution < 1.29 is 14.3 Å². The number of amides is 2. The predicted octanol–water partition coefficient (Wildman–Crippen LogP) is 3.51. The summed E-state index contributed by atoms with van der Waals surface area (Å²) < 4.78 is 5.57. The number of aromatic nitrogens is 1. The van der Waals surface area contributed by atoms with Crippen molar-refractivity contribution in [2.45, 2.75) is 48.8 Å². The number of fused-ring (bicyclic) bond motifs is 2. The summed E-state index contributed by atoms with van der Waals surface area (Å²) in [6.07, 6.45) is 3.81. The van der Waals surface area contributed by atoms with Crippen LogP contribution < -0.4 is 10.2 Å². The number of benzene rings is 1. The van der Waals surface area contributed by atoms with E-state index in [4.69, 9.17) is 4.74 Å². The van der Waals surface area contributed by atoms with E-state index in [9.17, 15) is 9.59 Å². The van der Waals surface area contributed by atoms with Crippen LogP contribution in [0.1, 0.15) is 47.4 Å². The largest absolute Gasteiger partial charge is 0.376 e. The Labute approximate surface area is 168 Å². The van der Waals surface area contributed by atoms with Crippen LogP contribution in [0.2, 0.25) is 0 Å². The summed E-state index contributed by atoms with van der Waals surface area (Å²) in [7, 11) is 0. The second-order valence-electron chi connectivity index (χ2n) is 7.25. The molecule has 1 aromatic carbocycles. The van der Waals surface area contributed by atoms with Crippen LogP contribution in [0.15, 0.2) is 46.5 Å². The highest BCUT2D eigenvalue weighted by Gasteiger charge is 2.30. The topological polar surface area (TPSA) is 71.5 Å². The molecule has 3 heterocycles. The number of nitrogens with one attached hydrogen (secondary N) is 1. The zero-order valence-electron chi connectivity index (χ0n) is 16.0. The molecule has 146 valence electrons. The summed E-state index contributed by atoms with van der Waals surface area (Å²) in [6.45, 7) is 5.25. The lowest BCUT2D eigenvalue weighted by Crippen LogP contribution is -2.37. The Morgan fingerprint density at radius 2 is 2.25 bits per heavy atom. The van der Waals surface area contributed by atoms with Crippen molar-refractivity contribution >= 4 is 29.3 Å². The van der Waals surface area contributed by atoms with E-state index in [1.807, 2.05) is 26.0 Å². The summed E-state index contributed by atoms with van der Waals surface area (Å²) >= 11 is 1.42. The number of nitrogens with zero attached hydrogens (tertiary/aromatic N) is 2. The molecule has 0 unspecified atom stereocenters. The van der Waals surface area contributed by atoms with Gasteiger partial charge >= 0.3 is 0 Å². The minimum absolute atomic E-state index is 0.0165. The van der Waals surface area contributed by atoms with Crippen LogP contribution in [0.5, 0.6) is 0 Å². The third-order valence-electron chi connectivity index (χ3n) is 4.94. The van der Waals surface area contributed by atoms with Gasteiger partial charge in [-0.25, -0.2) is 4.98 Å². The number of hydrogen-bond acceptors (Lipinski definition) is 5. The van der Waals surface area contributed by atoms with Gasteiger partial charge in [0.2, 0.25) is 0 Å². The molecule has 2 aliphatic rings. The third kappa shape index (κ3) is 3.64. The highest BCUT2D eigenvalue weighted by molar-refractivity contribution is 7.99. The van der Waals surface area contributed by atoms with Crippen LogP contribution >= 0.6 is 11.8 Å². The maximum Gasteiger partial charge on any atom is 0.261 e. The summed E-state index contributed by atoms with van der Waals surface area (Å²) in [5.41, 5.74) is 1.96. The lowest BCUT2D eigenvalue weighted by molar-refractivity contribution is 0.0857. The Bertz CT molecular complexity index is 910. The van der Waals surface area contributed by atoms with Gasteiger partial charge in [-0.3, -0.25) is 9.59 Å². The Morgan fingerprint density at radius 1 is 1.39 bits per heavy atom. The van der Waals surface area contributed by atoms with Crippen molar-refractivity contribution in [1.29, 1.82) is 0 Å². The number of pyridine rings is 1. The molecule has 1 atom stereocenters. The summed E-state index contributed by atoms with van der Waals surface area (Å²) in [4.78, 5) is 32.7. The van der Waals surface area contributed by atoms with Gasteiger partial charge in [-0.2, -0.15) is 0 Å². The van der Waals surface area contributed by atoms with Gasteiger partial charge in [0.15, 0.2) is 0 Å². The fourth-order valence-corrected chi connectivity index (χ4v) is 4.58. The minimum atomic E-state index is -0.133. The number of hydrogen-bond donors (Lipinski definition) is 1. The average molecular weight is 398 g/mol. The molecule has 2 amide bonds. The molecular weight excluding hydrogens is 374 g/mol. The van der Waals surface area contributed by atoms with Crippen molar-refractivity contribution in [2.75, 3.05) is 18.1 Å². The molecule has 1 aromatic heterocycles. The molecule has 0 spiro atoms. The number of carbonyl (C=O) groups excluding carboxylic acids is 2. The van der Waals surface area contributed by atoms with Gasteiger partial charge in [-0.1, -0.05) is 11.8 Å². The molecule has 0 radical (unpaired) electrons. The molecule has 28 heavy (non-hydrogen) atoms. The van der Waals surface area contributed by atoms with E-state index in [0.29, 0.717) is 22.7 Å². The fraction of sp³-hybridized carbons (Fsp3) is 0.381. The van der Waals surface area contributed by atoms with Crippen LogP contribution in [0, 0.1) is 0 Å². The molecule has 0 saturated carbocycles. The van der Waals surface area contributed by atoms with Crippen molar-refractivity contribution in [3.8, 4) is 0 Å². The van der Waals surface area contributed by atoms with Gasteiger partial charge in [0.25, 0.3) is 11.8 Å². The second-order valence-corrected chi connectivity index (χ2v) is 8.29. The van der Waals surface area contributed by atoms with Crippen LogP contribution in [0.25, 0.3) is 0 Å². The van der Waals surface area contributed by atoms with E-state index >= 15 is 0 Å². The molecule has 7 heteroatoms. The standard InChI is InChI=1S/C21H23N3O3S/c1-13(2)24-17-8-7-14(19(25)23-12-15-5-4-10-27-15)11-18(17)28-20-16(21(24)26)6-3-9-22-20/h3,6-9,11,13,15H,4-5,10,12H2,1-2H3,(H,23,25)/t15-/m0/s1. The molecule has 1 fully saturated rings. The average Bonchev–Trinajstić information content (AvgIpc) is 3.17. The molecule has 1 saturated heterocycles. The minimum Gasteiger partial charge on any atom is -0.376 e. The lowest BCUT2D eigenvalue weighted by Gasteiger charge is -2.27. The Morgan fingerprint density at radius 3 is 3.00 bits per heavy atom. The summed E-state index contributed by atoms with van der Waals surface area (Å²) in [5.74, 6) is -0.202. The maximum absolute atomic E-state index is 13.1. The van der Waals surface area contributed by atoms with Crippen molar-refractivity contribution in [3.63, 3.8) is 0 Å². The van der Waals surface area contributed by atoms with Crippen LogP contribution in [0.3, 0.4) is 0 Å². The molecule has 4 rings (SSSR count). The van der Waals surface area contributed by atoms with Crippen LogP contribution in [-0.4, -0.2) is 42.1 Å². The quantitative estimate of drug-likeness (QED) is 0.855. The first-order valence-electron chi connectivity index (χ1n) is 9.55. The highest BCUT2D eigenvalue weighted by atomic mass is 32.2. The predicted molar refractivity (Wildman–Crippen MR) is 108 cm³/mol. The summed E-state index contributed by atoms with van der Waals surface area (Å²) in [6, 6.07) is 9.03. The molecule has 0 bridgehead atoms. The van der Waals surface area contributed by atoms with Gasteiger partial charge in [0.1, 0.15) is 5.03 Å². The zero-order chi connectivity index (χ0) is 19.7. The van der Waals surface area contributed by atoms with E-state index in [0.717, 1.165) is 30.0 Å². The van der Waals surface area contributed by atoms with Gasteiger partial charge in [-0.05, 0) is 57.0 Å².